The predicted molar refractivity (Wildman–Crippen MR) is 74.4 cm³/mol. The van der Waals surface area contributed by atoms with Crippen LogP contribution < -0.4 is 0 Å². The Balaban J connectivity index is 2.86. The van der Waals surface area contributed by atoms with Gasteiger partial charge in [-0.05, 0) is 33.1 Å². The van der Waals surface area contributed by atoms with E-state index < -0.39 is 22.1 Å². The Hall–Kier alpha value is -0.700. The van der Waals surface area contributed by atoms with E-state index in [-0.39, 0.29) is 25.7 Å². The SMILES string of the molecule is CC(C)N(CCCO)S(=O)(=O)N1CCCC(C(=O)O)C1. The number of carbonyl (C=O) groups is 1. The van der Waals surface area contributed by atoms with Crippen molar-refractivity contribution < 1.29 is 23.4 Å². The number of aliphatic carboxylic acids is 1. The first-order valence-electron chi connectivity index (χ1n) is 6.91. The molecule has 0 amide bonds. The molecule has 0 radical (unpaired) electrons. The average molecular weight is 308 g/mol. The molecular weight excluding hydrogens is 284 g/mol. The van der Waals surface area contributed by atoms with Gasteiger partial charge in [-0.25, -0.2) is 0 Å². The fraction of sp³-hybridized carbons (Fsp3) is 0.917. The van der Waals surface area contributed by atoms with E-state index in [1.54, 1.807) is 13.8 Å². The van der Waals surface area contributed by atoms with Crippen molar-refractivity contribution in [2.75, 3.05) is 26.2 Å². The zero-order valence-electron chi connectivity index (χ0n) is 12.0. The lowest BCUT2D eigenvalue weighted by atomic mass is 10.0. The van der Waals surface area contributed by atoms with E-state index in [1.807, 2.05) is 0 Å². The van der Waals surface area contributed by atoms with Gasteiger partial charge in [0.15, 0.2) is 0 Å². The highest BCUT2D eigenvalue weighted by atomic mass is 32.2. The summed E-state index contributed by atoms with van der Waals surface area (Å²) in [5.74, 6) is -1.58. The van der Waals surface area contributed by atoms with E-state index in [4.69, 9.17) is 10.2 Å². The molecule has 1 rings (SSSR count). The number of piperidine rings is 1. The highest BCUT2D eigenvalue weighted by molar-refractivity contribution is 7.86. The van der Waals surface area contributed by atoms with Gasteiger partial charge in [0.2, 0.25) is 0 Å². The van der Waals surface area contributed by atoms with Crippen molar-refractivity contribution >= 4 is 16.2 Å². The molecule has 0 spiro atoms. The molecule has 0 aromatic rings. The second-order valence-electron chi connectivity index (χ2n) is 5.32. The van der Waals surface area contributed by atoms with Gasteiger partial charge >= 0.3 is 5.97 Å². The number of carboxylic acid groups (broad SMARTS) is 1. The van der Waals surface area contributed by atoms with Gasteiger partial charge in [0.05, 0.1) is 5.92 Å². The van der Waals surface area contributed by atoms with Gasteiger partial charge in [0, 0.05) is 32.3 Å². The molecule has 118 valence electrons. The van der Waals surface area contributed by atoms with Crippen LogP contribution in [0, 0.1) is 5.92 Å². The standard InChI is InChI=1S/C12H24N2O5S/c1-10(2)14(7-4-8-15)20(18,19)13-6-3-5-11(9-13)12(16)17/h10-11,15H,3-9H2,1-2H3,(H,16,17). The molecule has 0 aromatic heterocycles. The van der Waals surface area contributed by atoms with Crippen LogP contribution >= 0.6 is 0 Å². The molecule has 2 N–H and O–H groups in total. The summed E-state index contributed by atoms with van der Waals surface area (Å²) in [5, 5.41) is 17.9. The van der Waals surface area contributed by atoms with Gasteiger partial charge in [0.1, 0.15) is 0 Å². The minimum Gasteiger partial charge on any atom is -0.481 e. The molecule has 7 nitrogen and oxygen atoms in total. The Morgan fingerprint density at radius 1 is 1.45 bits per heavy atom. The van der Waals surface area contributed by atoms with Crippen molar-refractivity contribution in [1.29, 1.82) is 0 Å². The van der Waals surface area contributed by atoms with Gasteiger partial charge in [-0.2, -0.15) is 17.0 Å². The average Bonchev–Trinajstić information content (AvgIpc) is 2.38. The lowest BCUT2D eigenvalue weighted by Crippen LogP contribution is -2.51. The van der Waals surface area contributed by atoms with Gasteiger partial charge < -0.3 is 10.2 Å². The van der Waals surface area contributed by atoms with Crippen molar-refractivity contribution in [3.05, 3.63) is 0 Å². The molecule has 1 aliphatic heterocycles. The molecule has 1 saturated heterocycles. The number of hydrogen-bond acceptors (Lipinski definition) is 4. The summed E-state index contributed by atoms with van der Waals surface area (Å²) in [6.45, 7) is 4.09. The highest BCUT2D eigenvalue weighted by Crippen LogP contribution is 2.22. The quantitative estimate of drug-likeness (QED) is 0.696. The lowest BCUT2D eigenvalue weighted by molar-refractivity contribution is -0.142. The van der Waals surface area contributed by atoms with Crippen molar-refractivity contribution in [3.63, 3.8) is 0 Å². The van der Waals surface area contributed by atoms with E-state index >= 15 is 0 Å². The van der Waals surface area contributed by atoms with E-state index in [0.717, 1.165) is 0 Å². The number of rotatable bonds is 7. The van der Waals surface area contributed by atoms with Crippen LogP contribution in [0.25, 0.3) is 0 Å². The van der Waals surface area contributed by atoms with Crippen LogP contribution in [0.2, 0.25) is 0 Å². The molecule has 0 aromatic carbocycles. The number of aliphatic hydroxyl groups is 1. The van der Waals surface area contributed by atoms with Gasteiger partial charge in [-0.15, -0.1) is 0 Å². The van der Waals surface area contributed by atoms with Crippen LogP contribution in [-0.4, -0.2) is 65.5 Å². The fourth-order valence-electron chi connectivity index (χ4n) is 2.37. The number of carboxylic acids is 1. The number of nitrogens with zero attached hydrogens (tertiary/aromatic N) is 2. The summed E-state index contributed by atoms with van der Waals surface area (Å²) in [6.07, 6.45) is 1.44. The fourth-order valence-corrected chi connectivity index (χ4v) is 4.29. The van der Waals surface area contributed by atoms with Crippen molar-refractivity contribution in [3.8, 4) is 0 Å². The van der Waals surface area contributed by atoms with Crippen molar-refractivity contribution in [1.82, 2.24) is 8.61 Å². The first-order chi connectivity index (χ1) is 9.30. The molecule has 1 atom stereocenters. The molecule has 1 fully saturated rings. The minimum absolute atomic E-state index is 0.0278. The van der Waals surface area contributed by atoms with Gasteiger partial charge in [-0.3, -0.25) is 4.79 Å². The Bertz CT molecular complexity index is 424. The Morgan fingerprint density at radius 3 is 2.60 bits per heavy atom. The Kier molecular flexibility index (Phi) is 6.38. The number of aliphatic hydroxyl groups excluding tert-OH is 1. The summed E-state index contributed by atoms with van der Waals surface area (Å²) >= 11 is 0. The normalized spacial score (nSPS) is 21.6. The molecule has 0 aliphatic carbocycles. The molecule has 0 bridgehead atoms. The monoisotopic (exact) mass is 308 g/mol. The van der Waals surface area contributed by atoms with Gasteiger partial charge in [0.25, 0.3) is 10.2 Å². The van der Waals surface area contributed by atoms with E-state index in [9.17, 15) is 13.2 Å². The zero-order chi connectivity index (χ0) is 15.3. The maximum Gasteiger partial charge on any atom is 0.307 e. The van der Waals surface area contributed by atoms with Gasteiger partial charge in [-0.1, -0.05) is 0 Å². The maximum absolute atomic E-state index is 12.6. The van der Waals surface area contributed by atoms with E-state index in [2.05, 4.69) is 0 Å². The largest absolute Gasteiger partial charge is 0.481 e. The Labute approximate surface area is 120 Å². The highest BCUT2D eigenvalue weighted by Gasteiger charge is 2.36. The van der Waals surface area contributed by atoms with Crippen LogP contribution in [0.3, 0.4) is 0 Å². The second kappa shape index (κ2) is 7.35. The van der Waals surface area contributed by atoms with Crippen molar-refractivity contribution in [2.45, 2.75) is 39.2 Å². The third kappa shape index (κ3) is 4.15. The van der Waals surface area contributed by atoms with E-state index in [1.165, 1.54) is 8.61 Å². The first-order valence-corrected chi connectivity index (χ1v) is 8.31. The molecule has 1 heterocycles. The predicted octanol–water partition coefficient (Wildman–Crippen LogP) is 0.121. The summed E-state index contributed by atoms with van der Waals surface area (Å²) in [4.78, 5) is 11.0. The van der Waals surface area contributed by atoms with Crippen molar-refractivity contribution in [2.24, 2.45) is 5.92 Å². The van der Waals surface area contributed by atoms with Crippen LogP contribution in [-0.2, 0) is 15.0 Å². The second-order valence-corrected chi connectivity index (χ2v) is 7.21. The van der Waals surface area contributed by atoms with E-state index in [0.29, 0.717) is 25.8 Å². The molecule has 1 unspecified atom stereocenters. The third-order valence-electron chi connectivity index (χ3n) is 3.47. The topological polar surface area (TPSA) is 98.2 Å². The third-order valence-corrected chi connectivity index (χ3v) is 5.65. The minimum atomic E-state index is -3.67. The summed E-state index contributed by atoms with van der Waals surface area (Å²) in [6, 6.07) is -0.225. The maximum atomic E-state index is 12.6. The van der Waals surface area contributed by atoms with Crippen LogP contribution in [0.5, 0.6) is 0 Å². The van der Waals surface area contributed by atoms with Crippen LogP contribution in [0.15, 0.2) is 0 Å². The molecule has 20 heavy (non-hydrogen) atoms. The molecule has 1 aliphatic rings. The Morgan fingerprint density at radius 2 is 2.10 bits per heavy atom. The molecule has 0 saturated carbocycles. The lowest BCUT2D eigenvalue weighted by Gasteiger charge is -2.35. The zero-order valence-corrected chi connectivity index (χ0v) is 12.8. The summed E-state index contributed by atoms with van der Waals surface area (Å²) in [5.41, 5.74) is 0. The smallest absolute Gasteiger partial charge is 0.307 e. The summed E-state index contributed by atoms with van der Waals surface area (Å²) < 4.78 is 27.7. The van der Waals surface area contributed by atoms with Crippen LogP contribution in [0.1, 0.15) is 33.1 Å². The van der Waals surface area contributed by atoms with Crippen LogP contribution in [0.4, 0.5) is 0 Å². The summed E-state index contributed by atoms with van der Waals surface area (Å²) in [7, 11) is -3.67. The molecule has 8 heteroatoms. The first kappa shape index (κ1) is 17.4. The molecular formula is C12H24N2O5S. The number of hydrogen-bond donors (Lipinski definition) is 2.